The van der Waals surface area contributed by atoms with Gasteiger partial charge in [-0.3, -0.25) is 4.79 Å². The maximum absolute atomic E-state index is 12.6. The van der Waals surface area contributed by atoms with Gasteiger partial charge in [0.15, 0.2) is 0 Å². The highest BCUT2D eigenvalue weighted by atomic mass is 32.2. The van der Waals surface area contributed by atoms with Crippen LogP contribution in [0.2, 0.25) is 0 Å². The molecule has 0 bridgehead atoms. The lowest BCUT2D eigenvalue weighted by Crippen LogP contribution is -2.32. The summed E-state index contributed by atoms with van der Waals surface area (Å²) in [7, 11) is -3.51. The minimum Gasteiger partial charge on any atom is -0.338 e. The highest BCUT2D eigenvalue weighted by molar-refractivity contribution is 7.89. The number of nitrogens with one attached hydrogen (secondary N) is 2. The Morgan fingerprint density at radius 2 is 1.79 bits per heavy atom. The molecule has 1 amide bonds. The van der Waals surface area contributed by atoms with Crippen LogP contribution in [0.5, 0.6) is 0 Å². The Balaban J connectivity index is 1.67. The number of nitrogens with zero attached hydrogens (tertiary/aromatic N) is 1. The van der Waals surface area contributed by atoms with Crippen LogP contribution in [0.4, 0.5) is 0 Å². The number of fused-ring (bicyclic) bond motifs is 1. The molecule has 24 heavy (non-hydrogen) atoms. The van der Waals surface area contributed by atoms with Crippen molar-refractivity contribution < 1.29 is 13.2 Å². The van der Waals surface area contributed by atoms with Crippen molar-refractivity contribution in [3.63, 3.8) is 0 Å². The first-order valence-corrected chi connectivity index (χ1v) is 9.95. The first kappa shape index (κ1) is 17.4. The van der Waals surface area contributed by atoms with E-state index in [0.717, 1.165) is 26.2 Å². The van der Waals surface area contributed by atoms with E-state index in [0.29, 0.717) is 23.9 Å². The summed E-state index contributed by atoms with van der Waals surface area (Å²) in [6.07, 6.45) is 0. The van der Waals surface area contributed by atoms with Gasteiger partial charge in [0.1, 0.15) is 0 Å². The maximum atomic E-state index is 12.6. The normalized spacial score (nSPS) is 23.7. The molecule has 132 valence electrons. The molecule has 2 aliphatic rings. The van der Waals surface area contributed by atoms with E-state index in [1.54, 1.807) is 12.1 Å². The van der Waals surface area contributed by atoms with E-state index in [1.807, 2.05) is 18.7 Å². The molecule has 2 heterocycles. The van der Waals surface area contributed by atoms with E-state index in [4.69, 9.17) is 0 Å². The highest BCUT2D eigenvalue weighted by Gasteiger charge is 2.38. The highest BCUT2D eigenvalue weighted by Crippen LogP contribution is 2.27. The summed E-state index contributed by atoms with van der Waals surface area (Å²) in [5, 5.41) is 3.36. The molecule has 2 N–H and O–H groups in total. The second-order valence-electron chi connectivity index (χ2n) is 7.16. The molecule has 2 saturated heterocycles. The van der Waals surface area contributed by atoms with E-state index < -0.39 is 10.0 Å². The molecule has 2 aliphatic heterocycles. The lowest BCUT2D eigenvalue weighted by molar-refractivity contribution is 0.0781. The average Bonchev–Trinajstić information content (AvgIpc) is 3.14. The molecule has 2 fully saturated rings. The van der Waals surface area contributed by atoms with Gasteiger partial charge in [-0.2, -0.15) is 0 Å². The fraction of sp³-hybridized carbons (Fsp3) is 0.588. The molecule has 6 nitrogen and oxygen atoms in total. The second kappa shape index (κ2) is 6.82. The molecule has 0 aliphatic carbocycles. The maximum Gasteiger partial charge on any atom is 0.253 e. The standard InChI is InChI=1S/C17H25N3O3S/c1-12(2)7-19-24(22,23)16-5-3-13(4-6-16)17(21)20-10-14-8-18-9-15(14)11-20/h3-6,12,14-15,18-19H,7-11H2,1-2H3/t14-,15+. The molecular formula is C17H25N3O3S. The Bertz CT molecular complexity index is 688. The molecule has 2 atom stereocenters. The van der Waals surface area contributed by atoms with Crippen molar-refractivity contribution in [1.82, 2.24) is 14.9 Å². The van der Waals surface area contributed by atoms with E-state index in [9.17, 15) is 13.2 Å². The summed E-state index contributed by atoms with van der Waals surface area (Å²) < 4.78 is 27.0. The predicted molar refractivity (Wildman–Crippen MR) is 92.2 cm³/mol. The van der Waals surface area contributed by atoms with Crippen LogP contribution in [0, 0.1) is 17.8 Å². The molecule has 1 aromatic rings. The van der Waals surface area contributed by atoms with Gasteiger partial charge in [0.25, 0.3) is 5.91 Å². The summed E-state index contributed by atoms with van der Waals surface area (Å²) in [6.45, 7) is 7.82. The molecule has 7 heteroatoms. The van der Waals surface area contributed by atoms with Gasteiger partial charge in [-0.15, -0.1) is 0 Å². The van der Waals surface area contributed by atoms with Crippen molar-refractivity contribution in [1.29, 1.82) is 0 Å². The van der Waals surface area contributed by atoms with Gasteiger partial charge in [-0.25, -0.2) is 13.1 Å². The Labute approximate surface area is 143 Å². The van der Waals surface area contributed by atoms with Crippen molar-refractivity contribution in [2.75, 3.05) is 32.7 Å². The zero-order valence-electron chi connectivity index (χ0n) is 14.2. The number of hydrogen-bond acceptors (Lipinski definition) is 4. The molecular weight excluding hydrogens is 326 g/mol. The number of benzene rings is 1. The number of carbonyl (C=O) groups excluding carboxylic acids is 1. The molecule has 0 unspecified atom stereocenters. The number of carbonyl (C=O) groups is 1. The first-order valence-electron chi connectivity index (χ1n) is 8.46. The zero-order valence-corrected chi connectivity index (χ0v) is 15.0. The SMILES string of the molecule is CC(C)CNS(=O)(=O)c1ccc(C(=O)N2C[C@H]3CNC[C@H]3C2)cc1. The van der Waals surface area contributed by atoms with Crippen molar-refractivity contribution in [3.8, 4) is 0 Å². The Kier molecular flexibility index (Phi) is 4.94. The molecule has 0 aromatic heterocycles. The Morgan fingerprint density at radius 1 is 1.21 bits per heavy atom. The van der Waals surface area contributed by atoms with Crippen LogP contribution in [0.1, 0.15) is 24.2 Å². The third kappa shape index (κ3) is 3.63. The van der Waals surface area contributed by atoms with Crippen LogP contribution in [-0.2, 0) is 10.0 Å². The van der Waals surface area contributed by atoms with Crippen LogP contribution in [0.3, 0.4) is 0 Å². The third-order valence-corrected chi connectivity index (χ3v) is 6.21. The number of rotatable bonds is 5. The van der Waals surface area contributed by atoms with E-state index in [-0.39, 0.29) is 16.7 Å². The molecule has 3 rings (SSSR count). The minimum atomic E-state index is -3.51. The predicted octanol–water partition coefficient (Wildman–Crippen LogP) is 0.912. The van der Waals surface area contributed by atoms with Crippen LogP contribution in [0.25, 0.3) is 0 Å². The van der Waals surface area contributed by atoms with Gasteiger partial charge in [0.05, 0.1) is 4.90 Å². The first-order chi connectivity index (χ1) is 11.4. The van der Waals surface area contributed by atoms with Crippen molar-refractivity contribution in [3.05, 3.63) is 29.8 Å². The van der Waals surface area contributed by atoms with Gasteiger partial charge in [-0.1, -0.05) is 13.8 Å². The van der Waals surface area contributed by atoms with Crippen LogP contribution in [0.15, 0.2) is 29.2 Å². The van der Waals surface area contributed by atoms with E-state index in [2.05, 4.69) is 10.0 Å². The monoisotopic (exact) mass is 351 g/mol. The van der Waals surface area contributed by atoms with Crippen LogP contribution in [-0.4, -0.2) is 51.9 Å². The summed E-state index contributed by atoms with van der Waals surface area (Å²) in [4.78, 5) is 14.7. The summed E-state index contributed by atoms with van der Waals surface area (Å²) >= 11 is 0. The summed E-state index contributed by atoms with van der Waals surface area (Å²) in [5.74, 6) is 1.33. The Hall–Kier alpha value is -1.44. The number of likely N-dealkylation sites (tertiary alicyclic amines) is 1. The quantitative estimate of drug-likeness (QED) is 0.827. The third-order valence-electron chi connectivity index (χ3n) is 4.77. The fourth-order valence-electron chi connectivity index (χ4n) is 3.34. The largest absolute Gasteiger partial charge is 0.338 e. The molecule has 0 saturated carbocycles. The van der Waals surface area contributed by atoms with Crippen LogP contribution >= 0.6 is 0 Å². The van der Waals surface area contributed by atoms with Crippen molar-refractivity contribution in [2.24, 2.45) is 17.8 Å². The van der Waals surface area contributed by atoms with Gasteiger partial charge >= 0.3 is 0 Å². The molecule has 0 radical (unpaired) electrons. The minimum absolute atomic E-state index is 0.0107. The Morgan fingerprint density at radius 3 is 2.33 bits per heavy atom. The van der Waals surface area contributed by atoms with E-state index >= 15 is 0 Å². The van der Waals surface area contributed by atoms with Gasteiger partial charge in [0.2, 0.25) is 10.0 Å². The number of sulfonamides is 1. The van der Waals surface area contributed by atoms with Gasteiger partial charge in [-0.05, 0) is 42.0 Å². The summed E-state index contributed by atoms with van der Waals surface area (Å²) in [6, 6.07) is 6.24. The van der Waals surface area contributed by atoms with Crippen LogP contribution < -0.4 is 10.0 Å². The summed E-state index contributed by atoms with van der Waals surface area (Å²) in [5.41, 5.74) is 0.547. The lowest BCUT2D eigenvalue weighted by Gasteiger charge is -2.17. The van der Waals surface area contributed by atoms with Gasteiger partial charge < -0.3 is 10.2 Å². The molecule has 1 aromatic carbocycles. The number of hydrogen-bond donors (Lipinski definition) is 2. The average molecular weight is 351 g/mol. The molecule has 0 spiro atoms. The van der Waals surface area contributed by atoms with Crippen molar-refractivity contribution >= 4 is 15.9 Å². The smallest absolute Gasteiger partial charge is 0.253 e. The van der Waals surface area contributed by atoms with Gasteiger partial charge in [0, 0.05) is 38.3 Å². The van der Waals surface area contributed by atoms with E-state index in [1.165, 1.54) is 12.1 Å². The second-order valence-corrected chi connectivity index (χ2v) is 8.93. The zero-order chi connectivity index (χ0) is 17.3. The van der Waals surface area contributed by atoms with Crippen molar-refractivity contribution in [2.45, 2.75) is 18.7 Å². The lowest BCUT2D eigenvalue weighted by atomic mass is 10.0. The number of amides is 1. The fourth-order valence-corrected chi connectivity index (χ4v) is 4.55. The topological polar surface area (TPSA) is 78.5 Å².